The number of anilines is 1. The van der Waals surface area contributed by atoms with Crippen LogP contribution in [0.2, 0.25) is 0 Å². The minimum Gasteiger partial charge on any atom is -0.495 e. The molecule has 2 heterocycles. The summed E-state index contributed by atoms with van der Waals surface area (Å²) in [7, 11) is 1.56. The minimum absolute atomic E-state index is 0.254. The van der Waals surface area contributed by atoms with Crippen molar-refractivity contribution in [3.05, 3.63) is 54.4 Å². The third kappa shape index (κ3) is 3.52. The molecule has 2 aromatic carbocycles. The normalized spacial score (nSPS) is 10.8. The second-order valence-electron chi connectivity index (χ2n) is 5.80. The molecule has 142 valence electrons. The summed E-state index contributed by atoms with van der Waals surface area (Å²) in [5.74, 6) is 0.951. The van der Waals surface area contributed by atoms with Crippen molar-refractivity contribution in [2.45, 2.75) is 6.92 Å². The molecule has 8 nitrogen and oxygen atoms in total. The molecule has 0 atom stereocenters. The van der Waals surface area contributed by atoms with Crippen molar-refractivity contribution in [1.82, 2.24) is 19.8 Å². The van der Waals surface area contributed by atoms with Gasteiger partial charge in [-0.3, -0.25) is 4.79 Å². The molecule has 0 aliphatic carbocycles. The number of nitrogens with one attached hydrogen (secondary N) is 1. The van der Waals surface area contributed by atoms with Crippen LogP contribution >= 0.6 is 11.3 Å². The van der Waals surface area contributed by atoms with Gasteiger partial charge in [0.2, 0.25) is 4.96 Å². The van der Waals surface area contributed by atoms with Crippen LogP contribution in [0.15, 0.2) is 48.8 Å². The second kappa shape index (κ2) is 7.65. The second-order valence-corrected chi connectivity index (χ2v) is 6.75. The average Bonchev–Trinajstić information content (AvgIpc) is 3.31. The molecule has 0 aliphatic rings. The van der Waals surface area contributed by atoms with Gasteiger partial charge in [-0.25, -0.2) is 0 Å². The van der Waals surface area contributed by atoms with Crippen LogP contribution in [0, 0.1) is 0 Å². The van der Waals surface area contributed by atoms with Crippen molar-refractivity contribution >= 4 is 27.9 Å². The van der Waals surface area contributed by atoms with Gasteiger partial charge < -0.3 is 14.8 Å². The summed E-state index contributed by atoms with van der Waals surface area (Å²) in [6.07, 6.45) is 1.55. The van der Waals surface area contributed by atoms with Crippen molar-refractivity contribution in [2.24, 2.45) is 0 Å². The molecule has 0 saturated heterocycles. The summed E-state index contributed by atoms with van der Waals surface area (Å²) in [4.78, 5) is 13.4. The fourth-order valence-corrected chi connectivity index (χ4v) is 3.52. The van der Waals surface area contributed by atoms with Crippen LogP contribution in [0.3, 0.4) is 0 Å². The van der Waals surface area contributed by atoms with E-state index in [1.165, 1.54) is 11.3 Å². The molecule has 4 rings (SSSR count). The van der Waals surface area contributed by atoms with E-state index in [-0.39, 0.29) is 5.91 Å². The highest BCUT2D eigenvalue weighted by Gasteiger charge is 2.14. The fraction of sp³-hybridized carbons (Fsp3) is 0.158. The molecule has 0 fully saturated rings. The first-order valence-corrected chi connectivity index (χ1v) is 9.39. The van der Waals surface area contributed by atoms with E-state index in [4.69, 9.17) is 9.47 Å². The SMILES string of the molecule is CCOc1cccc(C(=O)Nc2cc(-c3nn4cnnc4s3)ccc2OC)c1. The Balaban J connectivity index is 1.63. The maximum atomic E-state index is 12.7. The third-order valence-electron chi connectivity index (χ3n) is 3.99. The van der Waals surface area contributed by atoms with Gasteiger partial charge in [0.05, 0.1) is 19.4 Å². The topological polar surface area (TPSA) is 90.6 Å². The average molecular weight is 395 g/mol. The Morgan fingerprint density at radius 1 is 1.25 bits per heavy atom. The summed E-state index contributed by atoms with van der Waals surface area (Å²) < 4.78 is 12.5. The number of carbonyl (C=O) groups excluding carboxylic acids is 1. The zero-order chi connectivity index (χ0) is 19.5. The lowest BCUT2D eigenvalue weighted by molar-refractivity contribution is 0.102. The van der Waals surface area contributed by atoms with Gasteiger partial charge in [0.15, 0.2) is 0 Å². The molecule has 9 heteroatoms. The van der Waals surface area contributed by atoms with Gasteiger partial charge in [-0.15, -0.1) is 10.2 Å². The molecule has 0 unspecified atom stereocenters. The number of methoxy groups -OCH3 is 1. The number of amides is 1. The van der Waals surface area contributed by atoms with E-state index in [1.54, 1.807) is 42.2 Å². The van der Waals surface area contributed by atoms with Crippen molar-refractivity contribution < 1.29 is 14.3 Å². The summed E-state index contributed by atoms with van der Waals surface area (Å²) in [5.41, 5.74) is 1.89. The summed E-state index contributed by atoms with van der Waals surface area (Å²) in [6.45, 7) is 2.43. The molecular weight excluding hydrogens is 378 g/mol. The lowest BCUT2D eigenvalue weighted by Crippen LogP contribution is -2.13. The quantitative estimate of drug-likeness (QED) is 0.537. The molecule has 0 radical (unpaired) electrons. The van der Waals surface area contributed by atoms with Gasteiger partial charge in [-0.05, 0) is 43.3 Å². The molecule has 28 heavy (non-hydrogen) atoms. The lowest BCUT2D eigenvalue weighted by atomic mass is 10.1. The maximum Gasteiger partial charge on any atom is 0.255 e. The van der Waals surface area contributed by atoms with Gasteiger partial charge in [0, 0.05) is 11.1 Å². The van der Waals surface area contributed by atoms with E-state index < -0.39 is 0 Å². The molecule has 1 N–H and O–H groups in total. The number of aromatic nitrogens is 4. The predicted molar refractivity (Wildman–Crippen MR) is 106 cm³/mol. The van der Waals surface area contributed by atoms with Crippen LogP contribution in [-0.2, 0) is 0 Å². The van der Waals surface area contributed by atoms with E-state index in [9.17, 15) is 4.79 Å². The summed E-state index contributed by atoms with van der Waals surface area (Å²) in [5, 5.41) is 15.9. The molecule has 1 amide bonds. The van der Waals surface area contributed by atoms with Crippen molar-refractivity contribution in [3.63, 3.8) is 0 Å². The Bertz CT molecular complexity index is 1110. The van der Waals surface area contributed by atoms with Gasteiger partial charge in [0.25, 0.3) is 5.91 Å². The van der Waals surface area contributed by atoms with Crippen LogP contribution < -0.4 is 14.8 Å². The van der Waals surface area contributed by atoms with Crippen LogP contribution in [-0.4, -0.2) is 39.4 Å². The number of carbonyl (C=O) groups is 1. The number of hydrogen-bond donors (Lipinski definition) is 1. The molecule has 0 spiro atoms. The Hall–Kier alpha value is -3.46. The number of hydrogen-bond acceptors (Lipinski definition) is 7. The van der Waals surface area contributed by atoms with Crippen LogP contribution in [0.25, 0.3) is 15.5 Å². The first kappa shape index (κ1) is 17.9. The Morgan fingerprint density at radius 2 is 2.14 bits per heavy atom. The number of ether oxygens (including phenoxy) is 2. The van der Waals surface area contributed by atoms with E-state index in [0.29, 0.717) is 34.3 Å². The lowest BCUT2D eigenvalue weighted by Gasteiger charge is -2.12. The van der Waals surface area contributed by atoms with E-state index in [2.05, 4.69) is 20.6 Å². The number of benzene rings is 2. The smallest absolute Gasteiger partial charge is 0.255 e. The molecule has 2 aromatic heterocycles. The Kier molecular flexibility index (Phi) is 4.90. The largest absolute Gasteiger partial charge is 0.495 e. The zero-order valence-electron chi connectivity index (χ0n) is 15.2. The highest BCUT2D eigenvalue weighted by atomic mass is 32.1. The summed E-state index contributed by atoms with van der Waals surface area (Å²) in [6, 6.07) is 12.5. The van der Waals surface area contributed by atoms with Crippen molar-refractivity contribution in [2.75, 3.05) is 19.0 Å². The van der Waals surface area contributed by atoms with Crippen LogP contribution in [0.1, 0.15) is 17.3 Å². The van der Waals surface area contributed by atoms with Gasteiger partial charge in [0.1, 0.15) is 22.8 Å². The molecular formula is C19H17N5O3S. The molecule has 0 aliphatic heterocycles. The Morgan fingerprint density at radius 3 is 2.93 bits per heavy atom. The van der Waals surface area contributed by atoms with Gasteiger partial charge in [-0.1, -0.05) is 17.4 Å². The van der Waals surface area contributed by atoms with E-state index in [1.807, 2.05) is 25.1 Å². The number of fused-ring (bicyclic) bond motifs is 1. The highest BCUT2D eigenvalue weighted by Crippen LogP contribution is 2.33. The first-order valence-electron chi connectivity index (χ1n) is 8.57. The van der Waals surface area contributed by atoms with Gasteiger partial charge >= 0.3 is 0 Å². The molecule has 4 aromatic rings. The predicted octanol–water partition coefficient (Wildman–Crippen LogP) is 3.51. The number of nitrogens with zero attached hydrogens (tertiary/aromatic N) is 4. The van der Waals surface area contributed by atoms with Gasteiger partial charge in [-0.2, -0.15) is 9.61 Å². The minimum atomic E-state index is -0.254. The fourth-order valence-electron chi connectivity index (χ4n) is 2.70. The monoisotopic (exact) mass is 395 g/mol. The van der Waals surface area contributed by atoms with Crippen LogP contribution in [0.4, 0.5) is 5.69 Å². The van der Waals surface area contributed by atoms with Crippen LogP contribution in [0.5, 0.6) is 11.5 Å². The summed E-state index contributed by atoms with van der Waals surface area (Å²) >= 11 is 1.41. The Labute approximate surface area is 164 Å². The van der Waals surface area contributed by atoms with Crippen molar-refractivity contribution in [3.8, 4) is 22.1 Å². The third-order valence-corrected chi connectivity index (χ3v) is 4.95. The standard InChI is InChI=1S/C19H17N5O3S/c1-3-27-14-6-4-5-12(9-14)17(25)21-15-10-13(7-8-16(15)26-2)18-23-24-11-20-22-19(24)28-18/h4-11H,3H2,1-2H3,(H,21,25). The first-order chi connectivity index (χ1) is 13.7. The maximum absolute atomic E-state index is 12.7. The van der Waals surface area contributed by atoms with E-state index >= 15 is 0 Å². The zero-order valence-corrected chi connectivity index (χ0v) is 16.1. The molecule has 0 bridgehead atoms. The van der Waals surface area contributed by atoms with E-state index in [0.717, 1.165) is 10.6 Å². The molecule has 0 saturated carbocycles. The van der Waals surface area contributed by atoms with Crippen molar-refractivity contribution in [1.29, 1.82) is 0 Å². The number of rotatable bonds is 6. The highest BCUT2D eigenvalue weighted by molar-refractivity contribution is 7.19.